The Bertz CT molecular complexity index is 840. The van der Waals surface area contributed by atoms with Crippen LogP contribution in [0.25, 0.3) is 0 Å². The van der Waals surface area contributed by atoms with Crippen LogP contribution in [0, 0.1) is 3.57 Å². The number of benzene rings is 2. The highest BCUT2D eigenvalue weighted by atomic mass is 127. The second-order valence-corrected chi connectivity index (χ2v) is 6.95. The van der Waals surface area contributed by atoms with Gasteiger partial charge in [0.25, 0.3) is 5.91 Å². The average molecular weight is 483 g/mol. The highest BCUT2D eigenvalue weighted by Gasteiger charge is 2.11. The predicted molar refractivity (Wildman–Crippen MR) is 115 cm³/mol. The lowest BCUT2D eigenvalue weighted by molar-refractivity contribution is -0.116. The van der Waals surface area contributed by atoms with Crippen LogP contribution >= 0.6 is 34.8 Å². The van der Waals surface area contributed by atoms with Gasteiger partial charge in [-0.15, -0.1) is 0 Å². The van der Waals surface area contributed by atoms with Gasteiger partial charge in [0.2, 0.25) is 5.91 Å². The SMILES string of the molecule is COc1ccc(C(=O)NC(=S)Nc2ccc(N(C)C(C)=O)cc2)cc1I. The zero-order valence-corrected chi connectivity index (χ0v) is 17.5. The molecule has 2 N–H and O–H groups in total. The number of nitrogens with zero attached hydrogens (tertiary/aromatic N) is 1. The highest BCUT2D eigenvalue weighted by Crippen LogP contribution is 2.21. The normalized spacial score (nSPS) is 10.0. The van der Waals surface area contributed by atoms with E-state index in [4.69, 9.17) is 17.0 Å². The minimum absolute atomic E-state index is 0.0531. The highest BCUT2D eigenvalue weighted by molar-refractivity contribution is 14.1. The number of rotatable bonds is 4. The lowest BCUT2D eigenvalue weighted by Gasteiger charge is -2.16. The van der Waals surface area contributed by atoms with E-state index in [1.54, 1.807) is 56.6 Å². The molecule has 0 heterocycles. The summed E-state index contributed by atoms with van der Waals surface area (Å²) in [5.74, 6) is 0.345. The van der Waals surface area contributed by atoms with Crippen LogP contribution in [0.15, 0.2) is 42.5 Å². The van der Waals surface area contributed by atoms with E-state index >= 15 is 0 Å². The summed E-state index contributed by atoms with van der Waals surface area (Å²) >= 11 is 7.29. The van der Waals surface area contributed by atoms with Crippen LogP contribution in [-0.4, -0.2) is 31.1 Å². The molecule has 8 heteroatoms. The van der Waals surface area contributed by atoms with Crippen molar-refractivity contribution in [2.75, 3.05) is 24.4 Å². The number of hydrogen-bond donors (Lipinski definition) is 2. The number of ether oxygens (including phenoxy) is 1. The van der Waals surface area contributed by atoms with Gasteiger partial charge in [-0.3, -0.25) is 14.9 Å². The van der Waals surface area contributed by atoms with Gasteiger partial charge in [0.1, 0.15) is 5.75 Å². The Morgan fingerprint density at radius 2 is 1.81 bits per heavy atom. The molecule has 2 aromatic rings. The van der Waals surface area contributed by atoms with Gasteiger partial charge in [-0.05, 0) is 77.3 Å². The van der Waals surface area contributed by atoms with Gasteiger partial charge in [0.15, 0.2) is 5.11 Å². The molecule has 0 fully saturated rings. The summed E-state index contributed by atoms with van der Waals surface area (Å²) in [6.07, 6.45) is 0. The summed E-state index contributed by atoms with van der Waals surface area (Å²) in [4.78, 5) is 25.2. The standard InChI is InChI=1S/C18H18IN3O3S/c1-11(23)22(2)14-7-5-13(6-8-14)20-18(26)21-17(24)12-4-9-16(25-3)15(19)10-12/h4-10H,1-3H3,(H2,20,21,24,26). The molecule has 0 saturated heterocycles. The summed E-state index contributed by atoms with van der Waals surface area (Å²) in [5, 5.41) is 5.77. The number of carbonyl (C=O) groups is 2. The van der Waals surface area contributed by atoms with E-state index in [0.717, 1.165) is 9.26 Å². The van der Waals surface area contributed by atoms with E-state index < -0.39 is 0 Å². The second-order valence-electron chi connectivity index (χ2n) is 5.38. The van der Waals surface area contributed by atoms with Crippen molar-refractivity contribution in [1.82, 2.24) is 5.32 Å². The van der Waals surface area contributed by atoms with Crippen LogP contribution in [0.5, 0.6) is 5.75 Å². The molecule has 0 aliphatic carbocycles. The van der Waals surface area contributed by atoms with Crippen molar-refractivity contribution in [2.24, 2.45) is 0 Å². The van der Waals surface area contributed by atoms with Crippen molar-refractivity contribution in [3.63, 3.8) is 0 Å². The number of hydrogen-bond acceptors (Lipinski definition) is 4. The quantitative estimate of drug-likeness (QED) is 0.516. The molecule has 0 aromatic heterocycles. The molecular formula is C18H18IN3O3S. The Hall–Kier alpha value is -2.20. The summed E-state index contributed by atoms with van der Waals surface area (Å²) < 4.78 is 6.01. The van der Waals surface area contributed by atoms with Crippen LogP contribution in [0.3, 0.4) is 0 Å². The first-order valence-corrected chi connectivity index (χ1v) is 9.10. The smallest absolute Gasteiger partial charge is 0.257 e. The molecule has 0 spiro atoms. The van der Waals surface area contributed by atoms with Crippen molar-refractivity contribution >= 4 is 63.1 Å². The van der Waals surface area contributed by atoms with E-state index in [-0.39, 0.29) is 16.9 Å². The number of amides is 2. The number of carbonyl (C=O) groups excluding carboxylic acids is 2. The molecule has 0 bridgehead atoms. The third kappa shape index (κ3) is 5.15. The summed E-state index contributed by atoms with van der Waals surface area (Å²) in [6.45, 7) is 1.50. The summed E-state index contributed by atoms with van der Waals surface area (Å²) in [7, 11) is 3.28. The Morgan fingerprint density at radius 3 is 2.35 bits per heavy atom. The molecule has 0 aliphatic heterocycles. The summed E-state index contributed by atoms with van der Waals surface area (Å²) in [6, 6.07) is 12.3. The van der Waals surface area contributed by atoms with Crippen LogP contribution in [0.1, 0.15) is 17.3 Å². The van der Waals surface area contributed by atoms with Gasteiger partial charge < -0.3 is 15.0 Å². The predicted octanol–water partition coefficient (Wildman–Crippen LogP) is 3.41. The van der Waals surface area contributed by atoms with Crippen LogP contribution in [-0.2, 0) is 4.79 Å². The molecule has 2 rings (SSSR count). The summed E-state index contributed by atoms with van der Waals surface area (Å²) in [5.41, 5.74) is 1.96. The third-order valence-corrected chi connectivity index (χ3v) is 4.67. The molecular weight excluding hydrogens is 465 g/mol. The van der Waals surface area contributed by atoms with Gasteiger partial charge >= 0.3 is 0 Å². The minimum Gasteiger partial charge on any atom is -0.496 e. The van der Waals surface area contributed by atoms with Crippen molar-refractivity contribution in [1.29, 1.82) is 0 Å². The molecule has 136 valence electrons. The van der Waals surface area contributed by atoms with Gasteiger partial charge in [0, 0.05) is 30.9 Å². The maximum Gasteiger partial charge on any atom is 0.257 e. The molecule has 26 heavy (non-hydrogen) atoms. The van der Waals surface area contributed by atoms with E-state index in [2.05, 4.69) is 33.2 Å². The maximum absolute atomic E-state index is 12.3. The Balaban J connectivity index is 1.98. The molecule has 0 unspecified atom stereocenters. The largest absolute Gasteiger partial charge is 0.496 e. The topological polar surface area (TPSA) is 70.7 Å². The fourth-order valence-electron chi connectivity index (χ4n) is 2.10. The van der Waals surface area contributed by atoms with E-state index in [0.29, 0.717) is 17.0 Å². The van der Waals surface area contributed by atoms with Gasteiger partial charge in [-0.1, -0.05) is 0 Å². The average Bonchev–Trinajstić information content (AvgIpc) is 2.61. The van der Waals surface area contributed by atoms with Crippen LogP contribution in [0.2, 0.25) is 0 Å². The van der Waals surface area contributed by atoms with Gasteiger partial charge in [-0.25, -0.2) is 0 Å². The molecule has 0 saturated carbocycles. The van der Waals surface area contributed by atoms with Gasteiger partial charge in [-0.2, -0.15) is 0 Å². The molecule has 0 radical (unpaired) electrons. The lowest BCUT2D eigenvalue weighted by atomic mass is 10.2. The van der Waals surface area contributed by atoms with E-state index in [1.165, 1.54) is 11.8 Å². The van der Waals surface area contributed by atoms with E-state index in [1.807, 2.05) is 0 Å². The molecule has 2 aromatic carbocycles. The zero-order chi connectivity index (χ0) is 19.3. The van der Waals surface area contributed by atoms with Crippen molar-refractivity contribution in [3.8, 4) is 5.75 Å². The monoisotopic (exact) mass is 483 g/mol. The van der Waals surface area contributed by atoms with Crippen molar-refractivity contribution in [2.45, 2.75) is 6.92 Å². The fraction of sp³-hybridized carbons (Fsp3) is 0.167. The molecule has 0 aliphatic rings. The molecule has 6 nitrogen and oxygen atoms in total. The molecule has 0 atom stereocenters. The van der Waals surface area contributed by atoms with Crippen molar-refractivity contribution in [3.05, 3.63) is 51.6 Å². The van der Waals surface area contributed by atoms with Crippen molar-refractivity contribution < 1.29 is 14.3 Å². The number of halogens is 1. The van der Waals surface area contributed by atoms with Gasteiger partial charge in [0.05, 0.1) is 10.7 Å². The maximum atomic E-state index is 12.3. The lowest BCUT2D eigenvalue weighted by Crippen LogP contribution is -2.34. The first-order valence-electron chi connectivity index (χ1n) is 7.62. The first-order chi connectivity index (χ1) is 12.3. The number of thiocarbonyl (C=S) groups is 1. The Morgan fingerprint density at radius 1 is 1.15 bits per heavy atom. The van der Waals surface area contributed by atoms with Crippen LogP contribution < -0.4 is 20.3 Å². The number of anilines is 2. The van der Waals surface area contributed by atoms with Crippen LogP contribution in [0.4, 0.5) is 11.4 Å². The molecule has 2 amide bonds. The second kappa shape index (κ2) is 8.95. The third-order valence-electron chi connectivity index (χ3n) is 3.63. The fourth-order valence-corrected chi connectivity index (χ4v) is 3.04. The Labute approximate surface area is 171 Å². The number of nitrogens with one attached hydrogen (secondary N) is 2. The Kier molecular flexibility index (Phi) is 6.92. The minimum atomic E-state index is -0.309. The zero-order valence-electron chi connectivity index (χ0n) is 14.5. The first kappa shape index (κ1) is 20.1. The van der Waals surface area contributed by atoms with E-state index in [9.17, 15) is 9.59 Å². The number of methoxy groups -OCH3 is 1.